The molecule has 0 aromatic carbocycles. The lowest BCUT2D eigenvalue weighted by molar-refractivity contribution is 0.432. The van der Waals surface area contributed by atoms with E-state index >= 15 is 0 Å². The summed E-state index contributed by atoms with van der Waals surface area (Å²) in [7, 11) is -0.913. The predicted molar refractivity (Wildman–Crippen MR) is 56.9 cm³/mol. The first-order chi connectivity index (χ1) is 6.00. The molecule has 3 nitrogen and oxygen atoms in total. The monoisotopic (exact) mass is 204 g/mol. The lowest BCUT2D eigenvalue weighted by Crippen LogP contribution is -2.44. The molecule has 0 saturated carbocycles. The van der Waals surface area contributed by atoms with E-state index in [1.54, 1.807) is 0 Å². The Morgan fingerprint density at radius 1 is 1.31 bits per heavy atom. The van der Waals surface area contributed by atoms with E-state index in [0.29, 0.717) is 6.04 Å². The van der Waals surface area contributed by atoms with Gasteiger partial charge in [-0.15, -0.1) is 0 Å². The van der Waals surface area contributed by atoms with Crippen LogP contribution in [0.5, 0.6) is 0 Å². The minimum Gasteiger partial charge on any atom is -0.317 e. The van der Waals surface area contributed by atoms with Crippen LogP contribution < -0.4 is 10.0 Å². The third-order valence-corrected chi connectivity index (χ3v) is 3.83. The van der Waals surface area contributed by atoms with Crippen LogP contribution in [-0.4, -0.2) is 28.1 Å². The van der Waals surface area contributed by atoms with Crippen molar-refractivity contribution in [3.63, 3.8) is 0 Å². The molecular formula is C9H20N2OS. The molecule has 0 bridgehead atoms. The van der Waals surface area contributed by atoms with Crippen molar-refractivity contribution in [1.29, 1.82) is 0 Å². The van der Waals surface area contributed by atoms with Gasteiger partial charge in [0, 0.05) is 6.04 Å². The molecular weight excluding hydrogens is 184 g/mol. The summed E-state index contributed by atoms with van der Waals surface area (Å²) in [5, 5.41) is 3.29. The molecule has 0 aromatic heterocycles. The summed E-state index contributed by atoms with van der Waals surface area (Å²) >= 11 is 0. The first kappa shape index (κ1) is 11.1. The largest absolute Gasteiger partial charge is 0.317 e. The fraction of sp³-hybridized carbons (Fsp3) is 1.00. The van der Waals surface area contributed by atoms with Gasteiger partial charge in [-0.2, -0.15) is 0 Å². The van der Waals surface area contributed by atoms with Gasteiger partial charge < -0.3 is 5.32 Å². The highest BCUT2D eigenvalue weighted by Gasteiger charge is 2.23. The van der Waals surface area contributed by atoms with Crippen molar-refractivity contribution < 1.29 is 4.21 Å². The molecule has 1 atom stereocenters. The highest BCUT2D eigenvalue weighted by Crippen LogP contribution is 2.11. The third-order valence-electron chi connectivity index (χ3n) is 2.17. The molecule has 4 heteroatoms. The summed E-state index contributed by atoms with van der Waals surface area (Å²) in [5.74, 6) is 0. The normalized spacial score (nSPS) is 23.0. The minimum atomic E-state index is -0.913. The highest BCUT2D eigenvalue weighted by molar-refractivity contribution is 7.84. The van der Waals surface area contributed by atoms with Crippen LogP contribution in [0.1, 0.15) is 33.6 Å². The topological polar surface area (TPSA) is 41.1 Å². The fourth-order valence-electron chi connectivity index (χ4n) is 1.27. The molecule has 1 unspecified atom stereocenters. The van der Waals surface area contributed by atoms with E-state index in [4.69, 9.17) is 0 Å². The smallest absolute Gasteiger partial charge is 0.0972 e. The van der Waals surface area contributed by atoms with E-state index < -0.39 is 11.0 Å². The maximum Gasteiger partial charge on any atom is 0.0972 e. The molecule has 13 heavy (non-hydrogen) atoms. The van der Waals surface area contributed by atoms with Gasteiger partial charge in [0.1, 0.15) is 0 Å². The first-order valence-electron chi connectivity index (χ1n) is 4.89. The van der Waals surface area contributed by atoms with Crippen molar-refractivity contribution in [3.05, 3.63) is 0 Å². The number of hydrogen-bond donors (Lipinski definition) is 2. The van der Waals surface area contributed by atoms with Crippen LogP contribution in [0.25, 0.3) is 0 Å². The van der Waals surface area contributed by atoms with Crippen LogP contribution in [-0.2, 0) is 11.0 Å². The van der Waals surface area contributed by atoms with Crippen LogP contribution in [0, 0.1) is 0 Å². The molecule has 1 saturated heterocycles. The Bertz CT molecular complexity index is 183. The fourth-order valence-corrected chi connectivity index (χ4v) is 2.16. The average molecular weight is 204 g/mol. The first-order valence-corrected chi connectivity index (χ1v) is 6.04. The molecule has 1 rings (SSSR count). The van der Waals surface area contributed by atoms with Gasteiger partial charge in [0.15, 0.2) is 0 Å². The van der Waals surface area contributed by atoms with Gasteiger partial charge in [0.05, 0.1) is 15.7 Å². The van der Waals surface area contributed by atoms with Gasteiger partial charge in [0.2, 0.25) is 0 Å². The second kappa shape index (κ2) is 4.53. The minimum absolute atomic E-state index is 0.148. The second-order valence-corrected chi connectivity index (χ2v) is 6.52. The van der Waals surface area contributed by atoms with Crippen LogP contribution in [0.2, 0.25) is 0 Å². The summed E-state index contributed by atoms with van der Waals surface area (Å²) in [6.45, 7) is 8.07. The summed E-state index contributed by atoms with van der Waals surface area (Å²) in [5.41, 5.74) is 0. The van der Waals surface area contributed by atoms with E-state index in [1.165, 1.54) is 0 Å². The van der Waals surface area contributed by atoms with Crippen molar-refractivity contribution in [3.8, 4) is 0 Å². The zero-order valence-electron chi connectivity index (χ0n) is 8.72. The van der Waals surface area contributed by atoms with Crippen LogP contribution in [0.15, 0.2) is 0 Å². The number of rotatable bonds is 2. The Labute approximate surface area is 83.3 Å². The van der Waals surface area contributed by atoms with Crippen LogP contribution in [0.3, 0.4) is 0 Å². The highest BCUT2D eigenvalue weighted by atomic mass is 32.2. The van der Waals surface area contributed by atoms with Gasteiger partial charge in [-0.25, -0.2) is 8.93 Å². The Hall–Kier alpha value is 0.0700. The van der Waals surface area contributed by atoms with Gasteiger partial charge >= 0.3 is 0 Å². The lowest BCUT2D eigenvalue weighted by Gasteiger charge is -2.27. The maximum atomic E-state index is 11.7. The zero-order chi connectivity index (χ0) is 9.90. The molecule has 1 fully saturated rings. The van der Waals surface area contributed by atoms with E-state index in [0.717, 1.165) is 25.9 Å². The second-order valence-electron chi connectivity index (χ2n) is 4.52. The molecule has 78 valence electrons. The van der Waals surface area contributed by atoms with Gasteiger partial charge in [0.25, 0.3) is 0 Å². The van der Waals surface area contributed by atoms with E-state index in [9.17, 15) is 4.21 Å². The lowest BCUT2D eigenvalue weighted by atomic mass is 10.1. The van der Waals surface area contributed by atoms with E-state index in [2.05, 4.69) is 10.0 Å². The molecule has 0 amide bonds. The molecule has 0 aromatic rings. The number of nitrogens with one attached hydrogen (secondary N) is 2. The number of hydrogen-bond acceptors (Lipinski definition) is 2. The molecule has 0 radical (unpaired) electrons. The zero-order valence-corrected chi connectivity index (χ0v) is 9.54. The van der Waals surface area contributed by atoms with E-state index in [-0.39, 0.29) is 4.75 Å². The van der Waals surface area contributed by atoms with Crippen molar-refractivity contribution in [1.82, 2.24) is 10.0 Å². The van der Waals surface area contributed by atoms with Crippen molar-refractivity contribution >= 4 is 11.0 Å². The standard InChI is InChI=1S/C9H20N2OS/c1-9(2,3)13(12)11-8-4-6-10-7-5-8/h8,10-11H,4-7H2,1-3H3. The predicted octanol–water partition coefficient (Wildman–Crippen LogP) is 0.790. The Kier molecular flexibility index (Phi) is 3.88. The summed E-state index contributed by atoms with van der Waals surface area (Å²) in [6.07, 6.45) is 2.17. The van der Waals surface area contributed by atoms with Gasteiger partial charge in [-0.05, 0) is 46.7 Å². The number of piperidine rings is 1. The van der Waals surface area contributed by atoms with Gasteiger partial charge in [-0.1, -0.05) is 0 Å². The van der Waals surface area contributed by atoms with Crippen molar-refractivity contribution in [2.75, 3.05) is 13.1 Å². The molecule has 1 aliphatic rings. The Balaban J connectivity index is 2.35. The molecule has 2 N–H and O–H groups in total. The average Bonchev–Trinajstić information content (AvgIpc) is 2.04. The van der Waals surface area contributed by atoms with Crippen LogP contribution in [0.4, 0.5) is 0 Å². The van der Waals surface area contributed by atoms with Crippen molar-refractivity contribution in [2.45, 2.75) is 44.4 Å². The molecule has 1 aliphatic heterocycles. The SMILES string of the molecule is CC(C)(C)S(=O)NC1CCNCC1. The quantitative estimate of drug-likeness (QED) is 0.698. The molecule has 1 heterocycles. The van der Waals surface area contributed by atoms with Crippen molar-refractivity contribution in [2.24, 2.45) is 0 Å². The summed E-state index contributed by atoms with van der Waals surface area (Å²) in [4.78, 5) is 0. The molecule has 0 aliphatic carbocycles. The van der Waals surface area contributed by atoms with Crippen LogP contribution >= 0.6 is 0 Å². The Morgan fingerprint density at radius 2 is 1.85 bits per heavy atom. The summed E-state index contributed by atoms with van der Waals surface area (Å²) < 4.78 is 14.8. The molecule has 0 spiro atoms. The van der Waals surface area contributed by atoms with E-state index in [1.807, 2.05) is 20.8 Å². The maximum absolute atomic E-state index is 11.7. The third kappa shape index (κ3) is 3.75. The Morgan fingerprint density at radius 3 is 2.31 bits per heavy atom. The summed E-state index contributed by atoms with van der Waals surface area (Å²) in [6, 6.07) is 0.432. The van der Waals surface area contributed by atoms with Gasteiger partial charge in [-0.3, -0.25) is 0 Å².